The lowest BCUT2D eigenvalue weighted by molar-refractivity contribution is 0.540. The van der Waals surface area contributed by atoms with Crippen LogP contribution >= 0.6 is 27.3 Å². The predicted octanol–water partition coefficient (Wildman–Crippen LogP) is 5.18. The molecule has 2 N–H and O–H groups in total. The fourth-order valence-corrected chi connectivity index (χ4v) is 4.07. The van der Waals surface area contributed by atoms with Gasteiger partial charge in [0.1, 0.15) is 11.6 Å². The molecule has 0 saturated heterocycles. The molecule has 1 atom stereocenters. The fourth-order valence-electron chi connectivity index (χ4n) is 2.39. The van der Waals surface area contributed by atoms with Crippen LogP contribution in [0.4, 0.5) is 8.78 Å². The lowest BCUT2D eigenvalue weighted by atomic mass is 9.98. The highest BCUT2D eigenvalue weighted by atomic mass is 79.9. The Kier molecular flexibility index (Phi) is 4.06. The monoisotopic (exact) mass is 367 g/mol. The lowest BCUT2D eigenvalue weighted by Gasteiger charge is -2.12. The molecule has 1 heterocycles. The molecule has 0 amide bonds. The van der Waals surface area contributed by atoms with E-state index < -0.39 is 17.7 Å². The minimum Gasteiger partial charge on any atom is -0.324 e. The van der Waals surface area contributed by atoms with Gasteiger partial charge >= 0.3 is 0 Å². The van der Waals surface area contributed by atoms with Crippen molar-refractivity contribution in [1.82, 2.24) is 0 Å². The smallest absolute Gasteiger partial charge is 0.129 e. The molecule has 21 heavy (non-hydrogen) atoms. The molecule has 1 unspecified atom stereocenters. The number of rotatable bonds is 3. The third-order valence-electron chi connectivity index (χ3n) is 3.47. The van der Waals surface area contributed by atoms with Crippen LogP contribution in [-0.4, -0.2) is 0 Å². The zero-order valence-electron chi connectivity index (χ0n) is 10.9. The van der Waals surface area contributed by atoms with Crippen molar-refractivity contribution in [3.63, 3.8) is 0 Å². The van der Waals surface area contributed by atoms with E-state index in [0.29, 0.717) is 0 Å². The van der Waals surface area contributed by atoms with Gasteiger partial charge in [-0.2, -0.15) is 0 Å². The predicted molar refractivity (Wildman–Crippen MR) is 86.5 cm³/mol. The molecule has 0 radical (unpaired) electrons. The molecule has 0 bridgehead atoms. The number of halogens is 3. The zero-order valence-corrected chi connectivity index (χ0v) is 13.3. The Bertz CT molecular complexity index is 780. The van der Waals surface area contributed by atoms with Gasteiger partial charge in [0.2, 0.25) is 0 Å². The number of hydrogen-bond donors (Lipinski definition) is 1. The van der Waals surface area contributed by atoms with Gasteiger partial charge in [-0.05, 0) is 56.9 Å². The molecule has 0 aliphatic rings. The molecule has 0 saturated carbocycles. The van der Waals surface area contributed by atoms with Crippen LogP contribution in [0.2, 0.25) is 0 Å². The topological polar surface area (TPSA) is 26.0 Å². The summed E-state index contributed by atoms with van der Waals surface area (Å²) in [4.78, 5) is 0. The molecule has 5 heteroatoms. The summed E-state index contributed by atoms with van der Waals surface area (Å²) >= 11 is 5.07. The summed E-state index contributed by atoms with van der Waals surface area (Å²) in [5, 5.41) is 2.98. The number of benzene rings is 2. The van der Waals surface area contributed by atoms with Crippen LogP contribution in [0.5, 0.6) is 0 Å². The van der Waals surface area contributed by atoms with Crippen LogP contribution in [0, 0.1) is 11.6 Å². The Morgan fingerprint density at radius 1 is 1.10 bits per heavy atom. The SMILES string of the molecule is NC(Cc1c(F)cccc1F)c1csc2c(Br)cccc12. The van der Waals surface area contributed by atoms with Crippen molar-refractivity contribution in [3.8, 4) is 0 Å². The number of fused-ring (bicyclic) bond motifs is 1. The van der Waals surface area contributed by atoms with Crippen molar-refractivity contribution < 1.29 is 8.78 Å². The van der Waals surface area contributed by atoms with Crippen molar-refractivity contribution in [2.75, 3.05) is 0 Å². The Morgan fingerprint density at radius 3 is 2.48 bits per heavy atom. The zero-order chi connectivity index (χ0) is 15.0. The van der Waals surface area contributed by atoms with Gasteiger partial charge in [0.15, 0.2) is 0 Å². The molecular formula is C16H12BrF2NS. The van der Waals surface area contributed by atoms with E-state index in [2.05, 4.69) is 15.9 Å². The molecule has 0 aliphatic carbocycles. The fraction of sp³-hybridized carbons (Fsp3) is 0.125. The molecule has 0 spiro atoms. The molecule has 2 aromatic carbocycles. The second-order valence-corrected chi connectivity index (χ2v) is 6.55. The van der Waals surface area contributed by atoms with Crippen molar-refractivity contribution in [3.05, 3.63) is 69.0 Å². The molecule has 108 valence electrons. The van der Waals surface area contributed by atoms with E-state index in [4.69, 9.17) is 5.73 Å². The molecule has 0 fully saturated rings. The van der Waals surface area contributed by atoms with E-state index >= 15 is 0 Å². The van der Waals surface area contributed by atoms with E-state index in [0.717, 1.165) is 20.1 Å². The minimum atomic E-state index is -0.550. The first kappa shape index (κ1) is 14.6. The third-order valence-corrected chi connectivity index (χ3v) is 5.44. The van der Waals surface area contributed by atoms with Crippen LogP contribution in [0.25, 0.3) is 10.1 Å². The first-order valence-corrected chi connectivity index (χ1v) is 8.09. The van der Waals surface area contributed by atoms with Crippen molar-refractivity contribution in [2.45, 2.75) is 12.5 Å². The summed E-state index contributed by atoms with van der Waals surface area (Å²) in [5.41, 5.74) is 7.14. The lowest BCUT2D eigenvalue weighted by Crippen LogP contribution is -2.14. The number of thiophene rings is 1. The molecule has 1 aromatic heterocycles. The van der Waals surface area contributed by atoms with Gasteiger partial charge in [-0.25, -0.2) is 8.78 Å². The van der Waals surface area contributed by atoms with Gasteiger partial charge < -0.3 is 5.73 Å². The van der Waals surface area contributed by atoms with Crippen molar-refractivity contribution in [1.29, 1.82) is 0 Å². The highest BCUT2D eigenvalue weighted by molar-refractivity contribution is 9.10. The normalized spacial score (nSPS) is 12.8. The molecule has 1 nitrogen and oxygen atoms in total. The Labute approximate surface area is 133 Å². The van der Waals surface area contributed by atoms with Gasteiger partial charge in [0, 0.05) is 20.8 Å². The summed E-state index contributed by atoms with van der Waals surface area (Å²) in [6, 6.07) is 9.30. The number of nitrogens with two attached hydrogens (primary N) is 1. The van der Waals surface area contributed by atoms with Crippen molar-refractivity contribution in [2.24, 2.45) is 5.73 Å². The maximum absolute atomic E-state index is 13.7. The second kappa shape index (κ2) is 5.83. The van der Waals surface area contributed by atoms with Gasteiger partial charge in [-0.1, -0.05) is 18.2 Å². The van der Waals surface area contributed by atoms with E-state index in [1.807, 2.05) is 23.6 Å². The largest absolute Gasteiger partial charge is 0.324 e. The quantitative estimate of drug-likeness (QED) is 0.677. The molecule has 3 rings (SSSR count). The van der Waals surface area contributed by atoms with Gasteiger partial charge in [0.25, 0.3) is 0 Å². The third kappa shape index (κ3) is 2.73. The first-order valence-electron chi connectivity index (χ1n) is 6.42. The van der Waals surface area contributed by atoms with Crippen LogP contribution in [0.1, 0.15) is 17.2 Å². The van der Waals surface area contributed by atoms with Crippen LogP contribution in [0.15, 0.2) is 46.3 Å². The van der Waals surface area contributed by atoms with Gasteiger partial charge in [0.05, 0.1) is 0 Å². The Morgan fingerprint density at radius 2 is 1.76 bits per heavy atom. The highest BCUT2D eigenvalue weighted by Gasteiger charge is 2.17. The standard InChI is InChI=1S/C16H12BrF2NS/c17-12-4-1-3-9-11(8-21-16(9)12)15(20)7-10-13(18)5-2-6-14(10)19/h1-6,8,15H,7,20H2. The summed E-state index contributed by atoms with van der Waals surface area (Å²) in [5.74, 6) is -1.10. The average molecular weight is 368 g/mol. The van der Waals surface area contributed by atoms with Crippen LogP contribution < -0.4 is 5.73 Å². The van der Waals surface area contributed by atoms with Gasteiger partial charge in [-0.15, -0.1) is 11.3 Å². The summed E-state index contributed by atoms with van der Waals surface area (Å²) in [7, 11) is 0. The summed E-state index contributed by atoms with van der Waals surface area (Å²) in [6.45, 7) is 0. The van der Waals surface area contributed by atoms with E-state index in [-0.39, 0.29) is 12.0 Å². The van der Waals surface area contributed by atoms with Crippen LogP contribution in [-0.2, 0) is 6.42 Å². The minimum absolute atomic E-state index is 0.0411. The second-order valence-electron chi connectivity index (χ2n) is 4.82. The summed E-state index contributed by atoms with van der Waals surface area (Å²) < 4.78 is 29.6. The van der Waals surface area contributed by atoms with E-state index in [9.17, 15) is 8.78 Å². The van der Waals surface area contributed by atoms with Crippen LogP contribution in [0.3, 0.4) is 0 Å². The Hall–Kier alpha value is -1.30. The van der Waals surface area contributed by atoms with Crippen molar-refractivity contribution >= 4 is 37.4 Å². The average Bonchev–Trinajstić information content (AvgIpc) is 2.88. The first-order chi connectivity index (χ1) is 10.1. The highest BCUT2D eigenvalue weighted by Crippen LogP contribution is 2.35. The Balaban J connectivity index is 1.98. The van der Waals surface area contributed by atoms with Gasteiger partial charge in [-0.3, -0.25) is 0 Å². The number of hydrogen-bond acceptors (Lipinski definition) is 2. The maximum atomic E-state index is 13.7. The molecule has 0 aliphatic heterocycles. The molecular weight excluding hydrogens is 356 g/mol. The summed E-state index contributed by atoms with van der Waals surface area (Å²) in [6.07, 6.45) is 0.136. The molecule has 3 aromatic rings. The van der Waals surface area contributed by atoms with E-state index in [1.54, 1.807) is 11.3 Å². The van der Waals surface area contributed by atoms with E-state index in [1.165, 1.54) is 18.2 Å². The maximum Gasteiger partial charge on any atom is 0.129 e.